The van der Waals surface area contributed by atoms with Gasteiger partial charge in [-0.2, -0.15) is 0 Å². The third-order valence-electron chi connectivity index (χ3n) is 3.07. The van der Waals surface area contributed by atoms with Gasteiger partial charge in [0, 0.05) is 12.6 Å². The molecule has 0 saturated heterocycles. The first-order valence-corrected chi connectivity index (χ1v) is 6.10. The van der Waals surface area contributed by atoms with E-state index in [1.807, 2.05) is 31.2 Å². The number of hydrogen-bond acceptors (Lipinski definition) is 3. The highest BCUT2D eigenvalue weighted by Gasteiger charge is 2.23. The topological polar surface area (TPSA) is 53.2 Å². The molecule has 4 nitrogen and oxygen atoms in total. The highest BCUT2D eigenvalue weighted by atomic mass is 16.2. The Morgan fingerprint density at radius 2 is 2.18 bits per heavy atom. The molecule has 1 amide bonds. The molecule has 1 aliphatic heterocycles. The van der Waals surface area contributed by atoms with Crippen LogP contribution in [0.1, 0.15) is 20.3 Å². The molecule has 0 spiro atoms. The summed E-state index contributed by atoms with van der Waals surface area (Å²) in [4.78, 5) is 12.0. The van der Waals surface area contributed by atoms with Crippen molar-refractivity contribution in [2.45, 2.75) is 32.4 Å². The highest BCUT2D eigenvalue weighted by Crippen LogP contribution is 2.25. The summed E-state index contributed by atoms with van der Waals surface area (Å²) in [6.45, 7) is 4.70. The van der Waals surface area contributed by atoms with Gasteiger partial charge in [-0.1, -0.05) is 19.1 Å². The zero-order valence-electron chi connectivity index (χ0n) is 10.3. The number of hydrogen-bond donors (Lipinski definition) is 3. The summed E-state index contributed by atoms with van der Waals surface area (Å²) in [5, 5.41) is 9.50. The van der Waals surface area contributed by atoms with E-state index in [4.69, 9.17) is 0 Å². The summed E-state index contributed by atoms with van der Waals surface area (Å²) in [5.74, 6) is 0.0568. The Hall–Kier alpha value is -1.71. The van der Waals surface area contributed by atoms with Crippen LogP contribution in [0, 0.1) is 0 Å². The van der Waals surface area contributed by atoms with Gasteiger partial charge in [-0.15, -0.1) is 0 Å². The lowest BCUT2D eigenvalue weighted by Crippen LogP contribution is -2.48. The molecule has 17 heavy (non-hydrogen) atoms. The molecule has 0 aliphatic carbocycles. The second kappa shape index (κ2) is 5.08. The Balaban J connectivity index is 2.00. The van der Waals surface area contributed by atoms with E-state index in [9.17, 15) is 4.79 Å². The van der Waals surface area contributed by atoms with Crippen LogP contribution in [0.25, 0.3) is 0 Å². The molecule has 0 aromatic heterocycles. The SMILES string of the molecule is CCC(C)NC(=O)C1CNc2ccccc2N1. The van der Waals surface area contributed by atoms with Crippen molar-refractivity contribution < 1.29 is 4.79 Å². The van der Waals surface area contributed by atoms with Crippen molar-refractivity contribution in [1.82, 2.24) is 5.32 Å². The van der Waals surface area contributed by atoms with E-state index in [-0.39, 0.29) is 18.0 Å². The zero-order valence-corrected chi connectivity index (χ0v) is 10.3. The fourth-order valence-electron chi connectivity index (χ4n) is 1.82. The van der Waals surface area contributed by atoms with E-state index in [1.165, 1.54) is 0 Å². The highest BCUT2D eigenvalue weighted by molar-refractivity contribution is 5.88. The van der Waals surface area contributed by atoms with Crippen LogP contribution in [0.4, 0.5) is 11.4 Å². The Kier molecular flexibility index (Phi) is 3.52. The summed E-state index contributed by atoms with van der Waals surface area (Å²) in [5.41, 5.74) is 2.04. The average molecular weight is 233 g/mol. The van der Waals surface area contributed by atoms with E-state index >= 15 is 0 Å². The number of benzene rings is 1. The second-order valence-corrected chi connectivity index (χ2v) is 4.44. The van der Waals surface area contributed by atoms with Gasteiger partial charge in [0.2, 0.25) is 5.91 Å². The summed E-state index contributed by atoms with van der Waals surface area (Å²) in [6.07, 6.45) is 0.947. The minimum atomic E-state index is -0.195. The number of fused-ring (bicyclic) bond motifs is 1. The van der Waals surface area contributed by atoms with Crippen molar-refractivity contribution in [2.24, 2.45) is 0 Å². The van der Waals surface area contributed by atoms with Gasteiger partial charge in [0.25, 0.3) is 0 Å². The van der Waals surface area contributed by atoms with Crippen molar-refractivity contribution in [3.63, 3.8) is 0 Å². The third-order valence-corrected chi connectivity index (χ3v) is 3.07. The molecule has 1 aliphatic rings. The maximum atomic E-state index is 12.0. The number of nitrogens with one attached hydrogen (secondary N) is 3. The molecule has 1 heterocycles. The molecule has 3 N–H and O–H groups in total. The smallest absolute Gasteiger partial charge is 0.244 e. The van der Waals surface area contributed by atoms with E-state index < -0.39 is 0 Å². The zero-order chi connectivity index (χ0) is 12.3. The first kappa shape index (κ1) is 11.8. The van der Waals surface area contributed by atoms with Gasteiger partial charge in [-0.25, -0.2) is 0 Å². The third kappa shape index (κ3) is 2.70. The molecule has 0 saturated carbocycles. The van der Waals surface area contributed by atoms with E-state index in [0.717, 1.165) is 17.8 Å². The maximum Gasteiger partial charge on any atom is 0.244 e. The predicted molar refractivity (Wildman–Crippen MR) is 70.2 cm³/mol. The molecule has 0 bridgehead atoms. The summed E-state index contributed by atoms with van der Waals surface area (Å²) < 4.78 is 0. The Morgan fingerprint density at radius 3 is 2.88 bits per heavy atom. The van der Waals surface area contributed by atoms with Gasteiger partial charge in [0.15, 0.2) is 0 Å². The van der Waals surface area contributed by atoms with Crippen LogP contribution in [0.2, 0.25) is 0 Å². The van der Waals surface area contributed by atoms with E-state index in [1.54, 1.807) is 0 Å². The monoisotopic (exact) mass is 233 g/mol. The number of rotatable bonds is 3. The fraction of sp³-hybridized carbons (Fsp3) is 0.462. The molecule has 1 aromatic carbocycles. The molecule has 2 rings (SSSR count). The standard InChI is InChI=1S/C13H19N3O/c1-3-9(2)15-13(17)12-8-14-10-6-4-5-7-11(10)16-12/h4-7,9,12,14,16H,3,8H2,1-2H3,(H,15,17). The van der Waals surface area contributed by atoms with Crippen LogP contribution in [0.3, 0.4) is 0 Å². The largest absolute Gasteiger partial charge is 0.381 e. The number of anilines is 2. The summed E-state index contributed by atoms with van der Waals surface area (Å²) in [7, 11) is 0. The van der Waals surface area contributed by atoms with Crippen molar-refractivity contribution in [2.75, 3.05) is 17.2 Å². The van der Waals surface area contributed by atoms with Gasteiger partial charge in [0.1, 0.15) is 6.04 Å². The molecule has 0 fully saturated rings. The minimum absolute atomic E-state index is 0.0568. The van der Waals surface area contributed by atoms with Crippen LogP contribution in [-0.4, -0.2) is 24.5 Å². The van der Waals surface area contributed by atoms with Crippen LogP contribution >= 0.6 is 0 Å². The molecular weight excluding hydrogens is 214 g/mol. The van der Waals surface area contributed by atoms with Crippen LogP contribution in [-0.2, 0) is 4.79 Å². The van der Waals surface area contributed by atoms with Gasteiger partial charge in [-0.3, -0.25) is 4.79 Å². The molecule has 2 atom stereocenters. The van der Waals surface area contributed by atoms with E-state index in [0.29, 0.717) is 6.54 Å². The Labute approximate surface area is 102 Å². The molecule has 0 radical (unpaired) electrons. The fourth-order valence-corrected chi connectivity index (χ4v) is 1.82. The molecule has 1 aromatic rings. The van der Waals surface area contributed by atoms with Crippen molar-refractivity contribution >= 4 is 17.3 Å². The molecule has 4 heteroatoms. The van der Waals surface area contributed by atoms with Crippen molar-refractivity contribution in [3.05, 3.63) is 24.3 Å². The van der Waals surface area contributed by atoms with Gasteiger partial charge >= 0.3 is 0 Å². The first-order chi connectivity index (χ1) is 8.20. The lowest BCUT2D eigenvalue weighted by Gasteiger charge is -2.28. The van der Waals surface area contributed by atoms with Crippen LogP contribution in [0.5, 0.6) is 0 Å². The van der Waals surface area contributed by atoms with Gasteiger partial charge in [-0.05, 0) is 25.5 Å². The predicted octanol–water partition coefficient (Wildman–Crippen LogP) is 1.81. The Bertz CT molecular complexity index is 405. The number of para-hydroxylation sites is 2. The summed E-state index contributed by atoms with van der Waals surface area (Å²) >= 11 is 0. The number of carbonyl (C=O) groups excluding carboxylic acids is 1. The van der Waals surface area contributed by atoms with Crippen molar-refractivity contribution in [1.29, 1.82) is 0 Å². The van der Waals surface area contributed by atoms with Crippen LogP contribution < -0.4 is 16.0 Å². The lowest BCUT2D eigenvalue weighted by atomic mass is 10.1. The number of carbonyl (C=O) groups is 1. The second-order valence-electron chi connectivity index (χ2n) is 4.44. The number of amides is 1. The Morgan fingerprint density at radius 1 is 1.47 bits per heavy atom. The maximum absolute atomic E-state index is 12.0. The average Bonchev–Trinajstić information content (AvgIpc) is 2.38. The molecular formula is C13H19N3O. The normalized spacial score (nSPS) is 19.5. The van der Waals surface area contributed by atoms with Gasteiger partial charge < -0.3 is 16.0 Å². The lowest BCUT2D eigenvalue weighted by molar-refractivity contribution is -0.122. The van der Waals surface area contributed by atoms with Crippen molar-refractivity contribution in [3.8, 4) is 0 Å². The molecule has 92 valence electrons. The van der Waals surface area contributed by atoms with E-state index in [2.05, 4.69) is 22.9 Å². The molecule has 2 unspecified atom stereocenters. The first-order valence-electron chi connectivity index (χ1n) is 6.10. The summed E-state index contributed by atoms with van der Waals surface area (Å²) in [6, 6.07) is 7.95. The van der Waals surface area contributed by atoms with Gasteiger partial charge in [0.05, 0.1) is 11.4 Å². The minimum Gasteiger partial charge on any atom is -0.381 e. The quantitative estimate of drug-likeness (QED) is 0.746. The van der Waals surface area contributed by atoms with Crippen LogP contribution in [0.15, 0.2) is 24.3 Å².